The van der Waals surface area contributed by atoms with Crippen LogP contribution >= 0.6 is 0 Å². The Labute approximate surface area is 99.2 Å². The first kappa shape index (κ1) is 13.5. The highest BCUT2D eigenvalue weighted by atomic mass is 16.2. The Balaban J connectivity index is 2.37. The smallest absolute Gasteiger partial charge is 0.236 e. The topological polar surface area (TPSA) is 26.8 Å². The van der Waals surface area contributed by atoms with Crippen molar-refractivity contribution in [2.45, 2.75) is 26.3 Å². The van der Waals surface area contributed by atoms with Crippen molar-refractivity contribution in [3.8, 4) is 0 Å². The van der Waals surface area contributed by atoms with Gasteiger partial charge in [-0.2, -0.15) is 0 Å². The summed E-state index contributed by atoms with van der Waals surface area (Å²) in [6.07, 6.45) is 1.12. The van der Waals surface area contributed by atoms with E-state index in [0.717, 1.165) is 32.6 Å². The molecular weight excluding hydrogens is 202 g/mol. The van der Waals surface area contributed by atoms with Crippen LogP contribution in [-0.4, -0.2) is 73.5 Å². The van der Waals surface area contributed by atoms with Crippen LogP contribution in [0.15, 0.2) is 0 Å². The van der Waals surface area contributed by atoms with Crippen LogP contribution in [-0.2, 0) is 4.79 Å². The zero-order chi connectivity index (χ0) is 12.1. The molecule has 1 heterocycles. The van der Waals surface area contributed by atoms with Gasteiger partial charge in [-0.3, -0.25) is 9.69 Å². The highest BCUT2D eigenvalue weighted by molar-refractivity contribution is 5.79. The summed E-state index contributed by atoms with van der Waals surface area (Å²) in [5, 5.41) is 0. The van der Waals surface area contributed by atoms with Crippen LogP contribution in [0.3, 0.4) is 0 Å². The fourth-order valence-electron chi connectivity index (χ4n) is 1.92. The Kier molecular flexibility index (Phi) is 5.22. The van der Waals surface area contributed by atoms with Crippen molar-refractivity contribution in [3.63, 3.8) is 0 Å². The molecule has 0 radical (unpaired) electrons. The molecule has 0 saturated carbocycles. The zero-order valence-electron chi connectivity index (χ0n) is 11.1. The van der Waals surface area contributed by atoms with E-state index < -0.39 is 0 Å². The Morgan fingerprint density at radius 3 is 2.56 bits per heavy atom. The molecule has 1 aliphatic rings. The van der Waals surface area contributed by atoms with E-state index in [1.54, 1.807) is 0 Å². The SMILES string of the molecule is CCC(C)N1CCN(CCN(C)C)C(=O)C1. The van der Waals surface area contributed by atoms with Crippen LogP contribution in [0.25, 0.3) is 0 Å². The summed E-state index contributed by atoms with van der Waals surface area (Å²) in [5.74, 6) is 0.286. The quantitative estimate of drug-likeness (QED) is 0.684. The molecular formula is C12H25N3O. The van der Waals surface area contributed by atoms with Crippen molar-refractivity contribution in [2.75, 3.05) is 46.8 Å². The van der Waals surface area contributed by atoms with Gasteiger partial charge in [0.05, 0.1) is 6.54 Å². The van der Waals surface area contributed by atoms with Gasteiger partial charge < -0.3 is 9.80 Å². The highest BCUT2D eigenvalue weighted by Gasteiger charge is 2.25. The molecule has 1 aliphatic heterocycles. The van der Waals surface area contributed by atoms with Gasteiger partial charge in [0.15, 0.2) is 0 Å². The van der Waals surface area contributed by atoms with Gasteiger partial charge in [-0.05, 0) is 27.4 Å². The average molecular weight is 227 g/mol. The molecule has 0 bridgehead atoms. The maximum absolute atomic E-state index is 11.9. The van der Waals surface area contributed by atoms with Crippen molar-refractivity contribution >= 4 is 5.91 Å². The van der Waals surface area contributed by atoms with Gasteiger partial charge in [0.25, 0.3) is 0 Å². The molecule has 0 N–H and O–H groups in total. The molecule has 1 rings (SSSR count). The lowest BCUT2D eigenvalue weighted by atomic mass is 10.2. The maximum Gasteiger partial charge on any atom is 0.236 e. The van der Waals surface area contributed by atoms with Gasteiger partial charge in [-0.15, -0.1) is 0 Å². The van der Waals surface area contributed by atoms with E-state index in [2.05, 4.69) is 23.6 Å². The summed E-state index contributed by atoms with van der Waals surface area (Å²) >= 11 is 0. The minimum absolute atomic E-state index is 0.286. The van der Waals surface area contributed by atoms with Crippen LogP contribution in [0.4, 0.5) is 0 Å². The molecule has 0 aromatic carbocycles. The first-order valence-electron chi connectivity index (χ1n) is 6.21. The lowest BCUT2D eigenvalue weighted by molar-refractivity contribution is -0.137. The molecule has 1 atom stereocenters. The molecule has 0 spiro atoms. The number of hydrogen-bond donors (Lipinski definition) is 0. The predicted molar refractivity (Wildman–Crippen MR) is 66.5 cm³/mol. The zero-order valence-corrected chi connectivity index (χ0v) is 11.1. The van der Waals surface area contributed by atoms with Gasteiger partial charge >= 0.3 is 0 Å². The Morgan fingerprint density at radius 1 is 1.38 bits per heavy atom. The molecule has 1 amide bonds. The summed E-state index contributed by atoms with van der Waals surface area (Å²) in [5.41, 5.74) is 0. The van der Waals surface area contributed by atoms with E-state index in [-0.39, 0.29) is 5.91 Å². The van der Waals surface area contributed by atoms with E-state index in [9.17, 15) is 4.79 Å². The third kappa shape index (κ3) is 3.76. The van der Waals surface area contributed by atoms with Gasteiger partial charge in [-0.25, -0.2) is 0 Å². The third-order valence-electron chi connectivity index (χ3n) is 3.38. The standard InChI is InChI=1S/C12H25N3O/c1-5-11(2)15-9-8-14(12(16)10-15)7-6-13(3)4/h11H,5-10H2,1-4H3. The largest absolute Gasteiger partial charge is 0.339 e. The second kappa shape index (κ2) is 6.21. The molecule has 1 fully saturated rings. The van der Waals surface area contributed by atoms with E-state index in [0.29, 0.717) is 12.6 Å². The van der Waals surface area contributed by atoms with E-state index >= 15 is 0 Å². The molecule has 94 valence electrons. The predicted octanol–water partition coefficient (Wildman–Crippen LogP) is 0.491. The molecule has 0 aliphatic carbocycles. The second-order valence-electron chi connectivity index (χ2n) is 4.91. The molecule has 4 heteroatoms. The summed E-state index contributed by atoms with van der Waals surface area (Å²) in [6.45, 7) is 8.69. The lowest BCUT2D eigenvalue weighted by Crippen LogP contribution is -2.53. The van der Waals surface area contributed by atoms with Crippen molar-refractivity contribution in [1.29, 1.82) is 0 Å². The Hall–Kier alpha value is -0.610. The van der Waals surface area contributed by atoms with Gasteiger partial charge in [-0.1, -0.05) is 6.92 Å². The number of carbonyl (C=O) groups excluding carboxylic acids is 1. The number of amides is 1. The molecule has 1 saturated heterocycles. The number of hydrogen-bond acceptors (Lipinski definition) is 3. The van der Waals surface area contributed by atoms with E-state index in [1.807, 2.05) is 19.0 Å². The van der Waals surface area contributed by atoms with Crippen LogP contribution in [0.2, 0.25) is 0 Å². The number of rotatable bonds is 5. The fourth-order valence-corrected chi connectivity index (χ4v) is 1.92. The van der Waals surface area contributed by atoms with Crippen LogP contribution in [0, 0.1) is 0 Å². The van der Waals surface area contributed by atoms with Gasteiger partial charge in [0.2, 0.25) is 5.91 Å². The summed E-state index contributed by atoms with van der Waals surface area (Å²) in [6, 6.07) is 0.528. The lowest BCUT2D eigenvalue weighted by Gasteiger charge is -2.37. The number of likely N-dealkylation sites (N-methyl/N-ethyl adjacent to an activating group) is 1. The molecule has 16 heavy (non-hydrogen) atoms. The van der Waals surface area contributed by atoms with Crippen LogP contribution in [0.1, 0.15) is 20.3 Å². The Morgan fingerprint density at radius 2 is 2.06 bits per heavy atom. The molecule has 4 nitrogen and oxygen atoms in total. The minimum Gasteiger partial charge on any atom is -0.339 e. The van der Waals surface area contributed by atoms with Crippen LogP contribution < -0.4 is 0 Å². The minimum atomic E-state index is 0.286. The summed E-state index contributed by atoms with van der Waals surface area (Å²) in [4.78, 5) is 18.3. The molecule has 0 aromatic rings. The van der Waals surface area contributed by atoms with Crippen molar-refractivity contribution < 1.29 is 4.79 Å². The first-order valence-corrected chi connectivity index (χ1v) is 6.21. The van der Waals surface area contributed by atoms with Crippen LogP contribution in [0.5, 0.6) is 0 Å². The monoisotopic (exact) mass is 227 g/mol. The molecule has 1 unspecified atom stereocenters. The van der Waals surface area contributed by atoms with Crippen molar-refractivity contribution in [3.05, 3.63) is 0 Å². The average Bonchev–Trinajstić information content (AvgIpc) is 2.26. The maximum atomic E-state index is 11.9. The fraction of sp³-hybridized carbons (Fsp3) is 0.917. The van der Waals surface area contributed by atoms with Gasteiger partial charge in [0, 0.05) is 32.2 Å². The van der Waals surface area contributed by atoms with E-state index in [4.69, 9.17) is 0 Å². The summed E-state index contributed by atoms with van der Waals surface area (Å²) < 4.78 is 0. The van der Waals surface area contributed by atoms with Crippen molar-refractivity contribution in [2.24, 2.45) is 0 Å². The first-order chi connectivity index (χ1) is 7.54. The normalized spacial score (nSPS) is 20.6. The highest BCUT2D eigenvalue weighted by Crippen LogP contribution is 2.09. The number of carbonyl (C=O) groups is 1. The summed E-state index contributed by atoms with van der Waals surface area (Å²) in [7, 11) is 4.08. The number of nitrogens with zero attached hydrogens (tertiary/aromatic N) is 3. The van der Waals surface area contributed by atoms with Crippen molar-refractivity contribution in [1.82, 2.24) is 14.7 Å². The number of piperazine rings is 1. The third-order valence-corrected chi connectivity index (χ3v) is 3.38. The second-order valence-corrected chi connectivity index (χ2v) is 4.91. The Bertz CT molecular complexity index is 230. The molecule has 0 aromatic heterocycles. The van der Waals surface area contributed by atoms with E-state index in [1.165, 1.54) is 0 Å². The van der Waals surface area contributed by atoms with Gasteiger partial charge in [0.1, 0.15) is 0 Å².